The van der Waals surface area contributed by atoms with Gasteiger partial charge in [0, 0.05) is 12.2 Å². The maximum Gasteiger partial charge on any atom is 0.341 e. The van der Waals surface area contributed by atoms with Gasteiger partial charge in [0.05, 0.1) is 6.61 Å². The third-order valence-electron chi connectivity index (χ3n) is 3.75. The number of pyridine rings is 1. The molecule has 1 aromatic carbocycles. The van der Waals surface area contributed by atoms with E-state index >= 15 is 0 Å². The van der Waals surface area contributed by atoms with Crippen LogP contribution in [-0.2, 0) is 6.54 Å². The molecule has 1 N–H and O–H groups in total. The topological polar surface area (TPSA) is 68.5 Å². The van der Waals surface area contributed by atoms with Gasteiger partial charge in [0.1, 0.15) is 11.3 Å². The van der Waals surface area contributed by atoms with Crippen molar-refractivity contribution in [3.8, 4) is 5.75 Å². The summed E-state index contributed by atoms with van der Waals surface area (Å²) in [6.45, 7) is 4.85. The first-order valence-electron chi connectivity index (χ1n) is 7.63. The van der Waals surface area contributed by atoms with Crippen molar-refractivity contribution in [2.45, 2.75) is 33.2 Å². The van der Waals surface area contributed by atoms with Crippen LogP contribution >= 0.6 is 0 Å². The molecule has 0 amide bonds. The lowest BCUT2D eigenvalue weighted by molar-refractivity contribution is 0.0694. The van der Waals surface area contributed by atoms with Gasteiger partial charge in [-0.25, -0.2) is 4.79 Å². The predicted octanol–water partition coefficient (Wildman–Crippen LogP) is 3.02. The van der Waals surface area contributed by atoms with E-state index in [1.54, 1.807) is 13.0 Å². The predicted molar refractivity (Wildman–Crippen MR) is 88.3 cm³/mol. The van der Waals surface area contributed by atoms with Crippen molar-refractivity contribution in [1.29, 1.82) is 0 Å². The van der Waals surface area contributed by atoms with Crippen LogP contribution < -0.4 is 10.3 Å². The molecule has 0 saturated carbocycles. The van der Waals surface area contributed by atoms with Crippen LogP contribution in [0.5, 0.6) is 5.75 Å². The standard InChI is InChI=1S/C18H21NO4/c1-13-7-3-4-8-16(13)23-12-6-5-11-19-14(2)9-10-15(17(19)20)18(21)22/h3-4,7-10H,5-6,11-12H2,1-2H3,(H,21,22). The molecule has 0 aliphatic rings. The summed E-state index contributed by atoms with van der Waals surface area (Å²) >= 11 is 0. The van der Waals surface area contributed by atoms with Crippen molar-refractivity contribution < 1.29 is 14.6 Å². The molecule has 23 heavy (non-hydrogen) atoms. The molecule has 0 saturated heterocycles. The van der Waals surface area contributed by atoms with Gasteiger partial charge in [0.15, 0.2) is 0 Å². The lowest BCUT2D eigenvalue weighted by atomic mass is 10.2. The second-order valence-corrected chi connectivity index (χ2v) is 5.47. The number of carboxylic acids is 1. The lowest BCUT2D eigenvalue weighted by Gasteiger charge is -2.12. The molecule has 0 fully saturated rings. The second kappa shape index (κ2) is 7.63. The number of aromatic carboxylic acids is 1. The van der Waals surface area contributed by atoms with Crippen LogP contribution in [0.1, 0.15) is 34.5 Å². The van der Waals surface area contributed by atoms with Crippen LogP contribution in [0.25, 0.3) is 0 Å². The van der Waals surface area contributed by atoms with E-state index < -0.39 is 11.5 Å². The molecule has 0 spiro atoms. The number of hydrogen-bond donors (Lipinski definition) is 1. The normalized spacial score (nSPS) is 10.5. The fourth-order valence-electron chi connectivity index (χ4n) is 2.38. The SMILES string of the molecule is Cc1ccccc1OCCCCn1c(C)ccc(C(=O)O)c1=O. The summed E-state index contributed by atoms with van der Waals surface area (Å²) in [6, 6.07) is 10.8. The van der Waals surface area contributed by atoms with Crippen LogP contribution in [0.4, 0.5) is 0 Å². The zero-order chi connectivity index (χ0) is 16.8. The van der Waals surface area contributed by atoms with Gasteiger partial charge in [0.25, 0.3) is 5.56 Å². The van der Waals surface area contributed by atoms with E-state index in [4.69, 9.17) is 9.84 Å². The number of hydrogen-bond acceptors (Lipinski definition) is 3. The largest absolute Gasteiger partial charge is 0.493 e. The Morgan fingerprint density at radius 2 is 1.87 bits per heavy atom. The van der Waals surface area contributed by atoms with Crippen molar-refractivity contribution in [2.24, 2.45) is 0 Å². The Balaban J connectivity index is 1.90. The highest BCUT2D eigenvalue weighted by molar-refractivity contribution is 5.87. The number of rotatable bonds is 7. The van der Waals surface area contributed by atoms with Gasteiger partial charge in [-0.1, -0.05) is 18.2 Å². The molecule has 0 aliphatic heterocycles. The Bertz CT molecular complexity index is 749. The highest BCUT2D eigenvalue weighted by Crippen LogP contribution is 2.16. The minimum absolute atomic E-state index is 0.188. The van der Waals surface area contributed by atoms with Gasteiger partial charge >= 0.3 is 5.97 Å². The first-order chi connectivity index (χ1) is 11.0. The van der Waals surface area contributed by atoms with Gasteiger partial charge in [-0.2, -0.15) is 0 Å². The zero-order valence-corrected chi connectivity index (χ0v) is 13.4. The number of para-hydroxylation sites is 1. The highest BCUT2D eigenvalue weighted by Gasteiger charge is 2.11. The Morgan fingerprint density at radius 1 is 1.13 bits per heavy atom. The Labute approximate surface area is 135 Å². The summed E-state index contributed by atoms with van der Waals surface area (Å²) in [4.78, 5) is 23.1. The third-order valence-corrected chi connectivity index (χ3v) is 3.75. The van der Waals surface area contributed by atoms with Gasteiger partial charge in [-0.15, -0.1) is 0 Å². The summed E-state index contributed by atoms with van der Waals surface area (Å²) in [5, 5.41) is 9.01. The molecule has 0 bridgehead atoms. The number of nitrogens with zero attached hydrogens (tertiary/aromatic N) is 1. The van der Waals surface area contributed by atoms with Crippen molar-refractivity contribution in [3.63, 3.8) is 0 Å². The Kier molecular flexibility index (Phi) is 5.57. The van der Waals surface area contributed by atoms with Gasteiger partial charge in [0.2, 0.25) is 0 Å². The average molecular weight is 315 g/mol. The third kappa shape index (κ3) is 4.22. The summed E-state index contributed by atoms with van der Waals surface area (Å²) in [5.41, 5.74) is 1.22. The quantitative estimate of drug-likeness (QED) is 0.797. The van der Waals surface area contributed by atoms with E-state index in [0.29, 0.717) is 13.2 Å². The molecule has 0 radical (unpaired) electrons. The Hall–Kier alpha value is -2.56. The van der Waals surface area contributed by atoms with Crippen molar-refractivity contribution >= 4 is 5.97 Å². The van der Waals surface area contributed by atoms with Crippen LogP contribution in [-0.4, -0.2) is 22.2 Å². The van der Waals surface area contributed by atoms with Gasteiger partial charge < -0.3 is 14.4 Å². The van der Waals surface area contributed by atoms with E-state index in [9.17, 15) is 9.59 Å². The number of aryl methyl sites for hydroxylation is 2. The van der Waals surface area contributed by atoms with Crippen molar-refractivity contribution in [1.82, 2.24) is 4.57 Å². The zero-order valence-electron chi connectivity index (χ0n) is 13.4. The van der Waals surface area contributed by atoms with Crippen LogP contribution in [0, 0.1) is 13.8 Å². The van der Waals surface area contributed by atoms with Gasteiger partial charge in [-0.3, -0.25) is 4.79 Å². The van der Waals surface area contributed by atoms with E-state index in [2.05, 4.69) is 0 Å². The maximum absolute atomic E-state index is 12.1. The summed E-state index contributed by atoms with van der Waals surface area (Å²) in [7, 11) is 0. The van der Waals surface area contributed by atoms with E-state index in [1.807, 2.05) is 31.2 Å². The molecule has 2 aromatic rings. The lowest BCUT2D eigenvalue weighted by Crippen LogP contribution is -2.28. The fourth-order valence-corrected chi connectivity index (χ4v) is 2.38. The number of carboxylic acid groups (broad SMARTS) is 1. The number of carbonyl (C=O) groups is 1. The molecule has 0 unspecified atom stereocenters. The molecular formula is C18H21NO4. The minimum atomic E-state index is -1.19. The number of aromatic nitrogens is 1. The summed E-state index contributed by atoms with van der Waals surface area (Å²) in [5.74, 6) is -0.319. The summed E-state index contributed by atoms with van der Waals surface area (Å²) in [6.07, 6.45) is 1.53. The second-order valence-electron chi connectivity index (χ2n) is 5.47. The molecule has 1 aromatic heterocycles. The van der Waals surface area contributed by atoms with Crippen LogP contribution in [0.15, 0.2) is 41.2 Å². The molecule has 0 aliphatic carbocycles. The molecule has 5 nitrogen and oxygen atoms in total. The molecule has 0 atom stereocenters. The van der Waals surface area contributed by atoms with Gasteiger partial charge in [-0.05, 0) is 50.5 Å². The van der Waals surface area contributed by atoms with Crippen LogP contribution in [0.3, 0.4) is 0 Å². The molecule has 2 rings (SSSR count). The number of unbranched alkanes of at least 4 members (excludes halogenated alkanes) is 1. The van der Waals surface area contributed by atoms with Crippen molar-refractivity contribution in [3.05, 3.63) is 63.6 Å². The smallest absolute Gasteiger partial charge is 0.341 e. The number of ether oxygens (including phenoxy) is 1. The van der Waals surface area contributed by atoms with E-state index in [0.717, 1.165) is 29.8 Å². The van der Waals surface area contributed by atoms with E-state index in [-0.39, 0.29) is 5.56 Å². The monoisotopic (exact) mass is 315 g/mol. The highest BCUT2D eigenvalue weighted by atomic mass is 16.5. The van der Waals surface area contributed by atoms with Crippen molar-refractivity contribution in [2.75, 3.05) is 6.61 Å². The van der Waals surface area contributed by atoms with Crippen LogP contribution in [0.2, 0.25) is 0 Å². The fraction of sp³-hybridized carbons (Fsp3) is 0.333. The van der Waals surface area contributed by atoms with E-state index in [1.165, 1.54) is 10.6 Å². The average Bonchev–Trinajstić information content (AvgIpc) is 2.51. The molecule has 5 heteroatoms. The summed E-state index contributed by atoms with van der Waals surface area (Å²) < 4.78 is 7.23. The first kappa shape index (κ1) is 16.8. The molecule has 122 valence electrons. The molecular weight excluding hydrogens is 294 g/mol. The maximum atomic E-state index is 12.1. The minimum Gasteiger partial charge on any atom is -0.493 e. The number of benzene rings is 1. The Morgan fingerprint density at radius 3 is 2.57 bits per heavy atom. The molecule has 1 heterocycles. The first-order valence-corrected chi connectivity index (χ1v) is 7.63.